The van der Waals surface area contributed by atoms with Gasteiger partial charge in [0.15, 0.2) is 0 Å². The summed E-state index contributed by atoms with van der Waals surface area (Å²) in [4.78, 5) is 2.60. The predicted molar refractivity (Wildman–Crippen MR) is 133 cm³/mol. The van der Waals surface area contributed by atoms with Crippen LogP contribution in [-0.2, 0) is 6.54 Å². The molecule has 0 saturated carbocycles. The third kappa shape index (κ3) is 9.93. The number of nitrogens with one attached hydrogen (secondary N) is 1. The summed E-state index contributed by atoms with van der Waals surface area (Å²) in [5.74, 6) is 2.44. The van der Waals surface area contributed by atoms with Crippen LogP contribution in [0.1, 0.15) is 51.7 Å². The zero-order valence-electron chi connectivity index (χ0n) is 18.4. The maximum atomic E-state index is 6.21. The number of benzene rings is 1. The van der Waals surface area contributed by atoms with E-state index in [2.05, 4.69) is 24.1 Å². The SMILES string of the molecule is CCCCN(CCCC)CCCNCc1ccc(-c2ccc(OC)c(Cl)c2)o1.Cl.Cl. The van der Waals surface area contributed by atoms with Crippen LogP contribution in [0.15, 0.2) is 34.7 Å². The van der Waals surface area contributed by atoms with Gasteiger partial charge in [-0.25, -0.2) is 0 Å². The van der Waals surface area contributed by atoms with Crippen molar-refractivity contribution in [2.45, 2.75) is 52.5 Å². The zero-order valence-corrected chi connectivity index (χ0v) is 20.8. The van der Waals surface area contributed by atoms with Crippen LogP contribution in [0.4, 0.5) is 0 Å². The van der Waals surface area contributed by atoms with Gasteiger partial charge in [0.2, 0.25) is 0 Å². The summed E-state index contributed by atoms with van der Waals surface area (Å²) in [6.07, 6.45) is 6.28. The van der Waals surface area contributed by atoms with Crippen molar-refractivity contribution in [3.05, 3.63) is 41.1 Å². The summed E-state index contributed by atoms with van der Waals surface area (Å²) in [5.41, 5.74) is 0.958. The minimum Gasteiger partial charge on any atom is -0.495 e. The molecule has 0 fully saturated rings. The summed E-state index contributed by atoms with van der Waals surface area (Å²) in [5, 5.41) is 4.09. The molecule has 1 aromatic heterocycles. The lowest BCUT2D eigenvalue weighted by molar-refractivity contribution is 0.260. The van der Waals surface area contributed by atoms with Crippen LogP contribution < -0.4 is 10.1 Å². The average Bonchev–Trinajstić information content (AvgIpc) is 3.18. The molecule has 0 aliphatic carbocycles. The summed E-state index contributed by atoms with van der Waals surface area (Å²) in [6.45, 7) is 9.88. The number of nitrogens with zero attached hydrogens (tertiary/aromatic N) is 1. The van der Waals surface area contributed by atoms with Gasteiger partial charge in [0.05, 0.1) is 18.7 Å². The topological polar surface area (TPSA) is 37.6 Å². The molecule has 1 heterocycles. The van der Waals surface area contributed by atoms with E-state index < -0.39 is 0 Å². The number of hydrogen-bond donors (Lipinski definition) is 1. The molecule has 0 atom stereocenters. The average molecular weight is 480 g/mol. The first-order valence-corrected chi connectivity index (χ1v) is 10.9. The third-order valence-corrected chi connectivity index (χ3v) is 5.18. The minimum absolute atomic E-state index is 0. The van der Waals surface area contributed by atoms with Crippen LogP contribution in [0, 0.1) is 0 Å². The molecule has 0 saturated heterocycles. The smallest absolute Gasteiger partial charge is 0.137 e. The predicted octanol–water partition coefficient (Wildman–Crippen LogP) is 6.83. The zero-order chi connectivity index (χ0) is 20.2. The first-order chi connectivity index (χ1) is 13.7. The van der Waals surface area contributed by atoms with Crippen LogP contribution in [0.25, 0.3) is 11.3 Å². The number of unbranched alkanes of at least 4 members (excludes halogenated alkanes) is 2. The molecule has 30 heavy (non-hydrogen) atoms. The molecule has 0 unspecified atom stereocenters. The van der Waals surface area contributed by atoms with Crippen molar-refractivity contribution in [1.82, 2.24) is 10.2 Å². The lowest BCUT2D eigenvalue weighted by Gasteiger charge is -2.21. The van der Waals surface area contributed by atoms with E-state index in [1.54, 1.807) is 7.11 Å². The summed E-state index contributed by atoms with van der Waals surface area (Å²) < 4.78 is 11.2. The lowest BCUT2D eigenvalue weighted by Crippen LogP contribution is -2.29. The molecule has 172 valence electrons. The Balaban J connectivity index is 0.00000420. The van der Waals surface area contributed by atoms with E-state index in [4.69, 9.17) is 20.8 Å². The molecule has 0 bridgehead atoms. The monoisotopic (exact) mass is 478 g/mol. The Labute approximate surface area is 199 Å². The van der Waals surface area contributed by atoms with Gasteiger partial charge in [0.25, 0.3) is 0 Å². The summed E-state index contributed by atoms with van der Waals surface area (Å²) >= 11 is 6.21. The Morgan fingerprint density at radius 3 is 2.23 bits per heavy atom. The molecule has 0 aliphatic rings. The van der Waals surface area contributed by atoms with Gasteiger partial charge in [0.1, 0.15) is 17.3 Å². The van der Waals surface area contributed by atoms with E-state index in [0.29, 0.717) is 10.8 Å². The van der Waals surface area contributed by atoms with Crippen molar-refractivity contribution in [3.8, 4) is 17.1 Å². The van der Waals surface area contributed by atoms with Crippen molar-refractivity contribution in [2.75, 3.05) is 33.3 Å². The maximum absolute atomic E-state index is 6.21. The fourth-order valence-corrected chi connectivity index (χ4v) is 3.44. The van der Waals surface area contributed by atoms with Crippen molar-refractivity contribution in [2.24, 2.45) is 0 Å². The van der Waals surface area contributed by atoms with E-state index in [-0.39, 0.29) is 24.8 Å². The van der Waals surface area contributed by atoms with Crippen LogP contribution in [-0.4, -0.2) is 38.2 Å². The minimum atomic E-state index is 0. The highest BCUT2D eigenvalue weighted by molar-refractivity contribution is 6.32. The summed E-state index contributed by atoms with van der Waals surface area (Å²) in [7, 11) is 1.62. The standard InChI is InChI=1S/C23H35ClN2O2.2ClH/c1-4-6-14-26(15-7-5-2)16-8-13-25-18-20-10-12-22(28-20)19-9-11-23(27-3)21(24)17-19;;/h9-12,17,25H,4-8,13-16,18H2,1-3H3;2*1H. The van der Waals surface area contributed by atoms with Gasteiger partial charge in [0, 0.05) is 5.56 Å². The number of methoxy groups -OCH3 is 1. The highest BCUT2D eigenvalue weighted by atomic mass is 35.5. The van der Waals surface area contributed by atoms with E-state index >= 15 is 0 Å². The molecule has 2 rings (SSSR count). The maximum Gasteiger partial charge on any atom is 0.137 e. The molecule has 1 N–H and O–H groups in total. The van der Waals surface area contributed by atoms with Crippen molar-refractivity contribution in [1.29, 1.82) is 0 Å². The fourth-order valence-electron chi connectivity index (χ4n) is 3.19. The number of hydrogen-bond acceptors (Lipinski definition) is 4. The van der Waals surface area contributed by atoms with Crippen molar-refractivity contribution < 1.29 is 9.15 Å². The van der Waals surface area contributed by atoms with Crippen LogP contribution >= 0.6 is 36.4 Å². The van der Waals surface area contributed by atoms with Crippen molar-refractivity contribution >= 4 is 36.4 Å². The second kappa shape index (κ2) is 16.7. The highest BCUT2D eigenvalue weighted by Gasteiger charge is 2.08. The molecular weight excluding hydrogens is 443 g/mol. The van der Waals surface area contributed by atoms with E-state index in [1.165, 1.54) is 45.3 Å². The fraction of sp³-hybridized carbons (Fsp3) is 0.565. The first kappa shape index (κ1) is 29.1. The van der Waals surface area contributed by atoms with E-state index in [0.717, 1.165) is 36.6 Å². The van der Waals surface area contributed by atoms with Crippen LogP contribution in [0.2, 0.25) is 5.02 Å². The highest BCUT2D eigenvalue weighted by Crippen LogP contribution is 2.31. The number of ether oxygens (including phenoxy) is 1. The lowest BCUT2D eigenvalue weighted by atomic mass is 10.2. The van der Waals surface area contributed by atoms with Crippen molar-refractivity contribution in [3.63, 3.8) is 0 Å². The van der Waals surface area contributed by atoms with Crippen LogP contribution in [0.5, 0.6) is 5.75 Å². The van der Waals surface area contributed by atoms with Gasteiger partial charge in [-0.05, 0) is 75.8 Å². The van der Waals surface area contributed by atoms with Gasteiger partial charge in [-0.1, -0.05) is 38.3 Å². The molecule has 2 aromatic rings. The second-order valence-corrected chi connectivity index (χ2v) is 7.60. The number of furan rings is 1. The van der Waals surface area contributed by atoms with Gasteiger partial charge >= 0.3 is 0 Å². The molecular formula is C23H37Cl3N2O2. The molecule has 1 aromatic carbocycles. The molecule has 7 heteroatoms. The normalized spacial score (nSPS) is 10.6. The Kier molecular flexibility index (Phi) is 16.2. The molecule has 4 nitrogen and oxygen atoms in total. The molecule has 0 radical (unpaired) electrons. The number of halogens is 3. The Bertz CT molecular complexity index is 687. The number of rotatable bonds is 14. The Morgan fingerprint density at radius 2 is 1.63 bits per heavy atom. The molecule has 0 spiro atoms. The van der Waals surface area contributed by atoms with Gasteiger partial charge in [-0.15, -0.1) is 24.8 Å². The van der Waals surface area contributed by atoms with E-state index in [1.807, 2.05) is 30.3 Å². The molecule has 0 amide bonds. The van der Waals surface area contributed by atoms with E-state index in [9.17, 15) is 0 Å². The Hall–Kier alpha value is -0.910. The van der Waals surface area contributed by atoms with Crippen LogP contribution in [0.3, 0.4) is 0 Å². The summed E-state index contributed by atoms with van der Waals surface area (Å²) in [6, 6.07) is 9.71. The Morgan fingerprint density at radius 1 is 0.967 bits per heavy atom. The third-order valence-electron chi connectivity index (χ3n) is 4.88. The largest absolute Gasteiger partial charge is 0.495 e. The quantitative estimate of drug-likeness (QED) is 0.301. The first-order valence-electron chi connectivity index (χ1n) is 10.5. The second-order valence-electron chi connectivity index (χ2n) is 7.19. The van der Waals surface area contributed by atoms with Gasteiger partial charge < -0.3 is 19.4 Å². The van der Waals surface area contributed by atoms with Gasteiger partial charge in [-0.3, -0.25) is 0 Å². The van der Waals surface area contributed by atoms with Gasteiger partial charge in [-0.2, -0.15) is 0 Å². The molecule has 0 aliphatic heterocycles.